The fourth-order valence-corrected chi connectivity index (χ4v) is 4.77. The Morgan fingerprint density at radius 3 is 2.56 bits per heavy atom. The van der Waals surface area contributed by atoms with E-state index in [4.69, 9.17) is 0 Å². The lowest BCUT2D eigenvalue weighted by Gasteiger charge is -2.27. The maximum atomic E-state index is 12.3. The van der Waals surface area contributed by atoms with Gasteiger partial charge in [0.25, 0.3) is 5.91 Å². The average Bonchev–Trinajstić information content (AvgIpc) is 2.97. The molecule has 0 bridgehead atoms. The van der Waals surface area contributed by atoms with Gasteiger partial charge in [-0.2, -0.15) is 0 Å². The largest absolute Gasteiger partial charge is 0.353 e. The molecule has 1 aliphatic rings. The summed E-state index contributed by atoms with van der Waals surface area (Å²) >= 11 is 0. The van der Waals surface area contributed by atoms with E-state index in [0.717, 1.165) is 5.69 Å². The molecule has 0 spiro atoms. The van der Waals surface area contributed by atoms with Crippen LogP contribution in [0.4, 0.5) is 11.5 Å². The number of nitrogens with zero attached hydrogens (tertiary/aromatic N) is 2. The number of para-hydroxylation sites is 1. The number of anilines is 2. The van der Waals surface area contributed by atoms with Crippen molar-refractivity contribution in [1.29, 1.82) is 0 Å². The molecule has 0 radical (unpaired) electrons. The van der Waals surface area contributed by atoms with Crippen molar-refractivity contribution in [3.63, 3.8) is 0 Å². The lowest BCUT2D eigenvalue weighted by Crippen LogP contribution is -2.36. The molecule has 0 aliphatic carbocycles. The van der Waals surface area contributed by atoms with Gasteiger partial charge in [-0.05, 0) is 37.6 Å². The van der Waals surface area contributed by atoms with Gasteiger partial charge in [0.15, 0.2) is 9.84 Å². The van der Waals surface area contributed by atoms with Crippen LogP contribution in [0.25, 0.3) is 0 Å². The molecule has 1 aliphatic heterocycles. The van der Waals surface area contributed by atoms with E-state index in [1.54, 1.807) is 12.1 Å². The molecule has 1 amide bonds. The number of rotatable bonds is 5. The zero-order valence-electron chi connectivity index (χ0n) is 14.1. The molecule has 1 saturated heterocycles. The molecule has 1 fully saturated rings. The van der Waals surface area contributed by atoms with Gasteiger partial charge in [0, 0.05) is 24.5 Å². The lowest BCUT2D eigenvalue weighted by atomic mass is 10.2. The van der Waals surface area contributed by atoms with Crippen LogP contribution in [-0.2, 0) is 9.84 Å². The number of hydrogen-bond donors (Lipinski definition) is 1. The first-order chi connectivity index (χ1) is 12.0. The minimum Gasteiger partial charge on any atom is -0.353 e. The summed E-state index contributed by atoms with van der Waals surface area (Å²) in [4.78, 5) is 18.6. The van der Waals surface area contributed by atoms with Gasteiger partial charge >= 0.3 is 0 Å². The van der Waals surface area contributed by atoms with E-state index in [1.807, 2.05) is 42.2 Å². The standard InChI is InChI=1S/C18H21N3O3S/c1-2-21(16-10-11-25(23,24)13-16)17-9-8-14(12-19-17)18(22)20-15-6-4-3-5-7-15/h3-9,12,16H,2,10-11,13H2,1H3,(H,20,22). The number of pyridine rings is 1. The minimum absolute atomic E-state index is 0.0495. The third-order valence-electron chi connectivity index (χ3n) is 4.33. The molecular weight excluding hydrogens is 338 g/mol. The van der Waals surface area contributed by atoms with Crippen molar-refractivity contribution in [2.45, 2.75) is 19.4 Å². The number of amides is 1. The van der Waals surface area contributed by atoms with Gasteiger partial charge in [-0.15, -0.1) is 0 Å². The number of carbonyl (C=O) groups excluding carboxylic acids is 1. The van der Waals surface area contributed by atoms with Crippen molar-refractivity contribution in [2.75, 3.05) is 28.3 Å². The highest BCUT2D eigenvalue weighted by molar-refractivity contribution is 7.91. The number of hydrogen-bond acceptors (Lipinski definition) is 5. The first-order valence-electron chi connectivity index (χ1n) is 8.28. The smallest absolute Gasteiger partial charge is 0.257 e. The zero-order chi connectivity index (χ0) is 17.9. The molecule has 1 aromatic carbocycles. The summed E-state index contributed by atoms with van der Waals surface area (Å²) in [5, 5.41) is 2.81. The summed E-state index contributed by atoms with van der Waals surface area (Å²) < 4.78 is 23.4. The second kappa shape index (κ2) is 7.23. The van der Waals surface area contributed by atoms with E-state index in [9.17, 15) is 13.2 Å². The second-order valence-corrected chi connectivity index (χ2v) is 8.30. The highest BCUT2D eigenvalue weighted by atomic mass is 32.2. The Balaban J connectivity index is 1.71. The normalized spacial score (nSPS) is 18.7. The van der Waals surface area contributed by atoms with Gasteiger partial charge in [-0.3, -0.25) is 4.79 Å². The summed E-state index contributed by atoms with van der Waals surface area (Å²) in [7, 11) is -2.95. The molecule has 132 valence electrons. The highest BCUT2D eigenvalue weighted by Gasteiger charge is 2.32. The second-order valence-electron chi connectivity index (χ2n) is 6.07. The van der Waals surface area contributed by atoms with E-state index in [1.165, 1.54) is 6.20 Å². The van der Waals surface area contributed by atoms with Crippen molar-refractivity contribution in [1.82, 2.24) is 4.98 Å². The summed E-state index contributed by atoms with van der Waals surface area (Å²) in [6, 6.07) is 12.7. The molecule has 0 saturated carbocycles. The van der Waals surface area contributed by atoms with E-state index in [0.29, 0.717) is 24.3 Å². The molecule has 1 atom stereocenters. The molecule has 7 heteroatoms. The third-order valence-corrected chi connectivity index (χ3v) is 6.08. The van der Waals surface area contributed by atoms with Crippen LogP contribution in [0, 0.1) is 0 Å². The third kappa shape index (κ3) is 4.17. The average molecular weight is 359 g/mol. The van der Waals surface area contributed by atoms with Crippen LogP contribution in [0.3, 0.4) is 0 Å². The maximum Gasteiger partial charge on any atom is 0.257 e. The van der Waals surface area contributed by atoms with Crippen molar-refractivity contribution in [3.8, 4) is 0 Å². The lowest BCUT2D eigenvalue weighted by molar-refractivity contribution is 0.102. The Hall–Kier alpha value is -2.41. The van der Waals surface area contributed by atoms with Gasteiger partial charge in [0.05, 0.1) is 17.1 Å². The monoisotopic (exact) mass is 359 g/mol. The fraction of sp³-hybridized carbons (Fsp3) is 0.333. The van der Waals surface area contributed by atoms with Gasteiger partial charge in [0.2, 0.25) is 0 Å². The predicted molar refractivity (Wildman–Crippen MR) is 98.7 cm³/mol. The van der Waals surface area contributed by atoms with Crippen LogP contribution in [0.5, 0.6) is 0 Å². The van der Waals surface area contributed by atoms with E-state index >= 15 is 0 Å². The van der Waals surface area contributed by atoms with Gasteiger partial charge in [-0.1, -0.05) is 18.2 Å². The van der Waals surface area contributed by atoms with Gasteiger partial charge in [-0.25, -0.2) is 13.4 Å². The maximum absolute atomic E-state index is 12.3. The number of aromatic nitrogens is 1. The fourth-order valence-electron chi connectivity index (χ4n) is 3.04. The highest BCUT2D eigenvalue weighted by Crippen LogP contribution is 2.23. The van der Waals surface area contributed by atoms with E-state index in [-0.39, 0.29) is 23.5 Å². The summed E-state index contributed by atoms with van der Waals surface area (Å²) in [6.07, 6.45) is 2.15. The van der Waals surface area contributed by atoms with Gasteiger partial charge in [0.1, 0.15) is 5.82 Å². The van der Waals surface area contributed by atoms with Crippen LogP contribution in [-0.4, -0.2) is 43.4 Å². The molecule has 1 N–H and O–H groups in total. The van der Waals surface area contributed by atoms with Crippen LogP contribution < -0.4 is 10.2 Å². The Kier molecular flexibility index (Phi) is 5.03. The van der Waals surface area contributed by atoms with Crippen molar-refractivity contribution >= 4 is 27.2 Å². The SMILES string of the molecule is CCN(c1ccc(C(=O)Nc2ccccc2)cn1)C1CCS(=O)(=O)C1. The summed E-state index contributed by atoms with van der Waals surface area (Å²) in [5.74, 6) is 0.863. The molecule has 2 aromatic rings. The first-order valence-corrected chi connectivity index (χ1v) is 10.1. The Morgan fingerprint density at radius 2 is 2.00 bits per heavy atom. The van der Waals surface area contributed by atoms with Crippen LogP contribution >= 0.6 is 0 Å². The Morgan fingerprint density at radius 1 is 1.24 bits per heavy atom. The topological polar surface area (TPSA) is 79.4 Å². The van der Waals surface area contributed by atoms with Crippen molar-refractivity contribution in [2.24, 2.45) is 0 Å². The van der Waals surface area contributed by atoms with E-state index in [2.05, 4.69) is 10.3 Å². The minimum atomic E-state index is -2.95. The molecule has 1 aromatic heterocycles. The number of carbonyl (C=O) groups is 1. The zero-order valence-corrected chi connectivity index (χ0v) is 14.9. The summed E-state index contributed by atoms with van der Waals surface area (Å²) in [6.45, 7) is 2.64. The van der Waals surface area contributed by atoms with Gasteiger partial charge < -0.3 is 10.2 Å². The Labute approximate surface area is 147 Å². The van der Waals surface area contributed by atoms with Crippen LogP contribution in [0.2, 0.25) is 0 Å². The van der Waals surface area contributed by atoms with E-state index < -0.39 is 9.84 Å². The first kappa shape index (κ1) is 17.4. The molecular formula is C18H21N3O3S. The number of nitrogens with one attached hydrogen (secondary N) is 1. The molecule has 25 heavy (non-hydrogen) atoms. The summed E-state index contributed by atoms with van der Waals surface area (Å²) in [5.41, 5.74) is 1.19. The molecule has 6 nitrogen and oxygen atoms in total. The number of sulfone groups is 1. The van der Waals surface area contributed by atoms with Crippen molar-refractivity contribution < 1.29 is 13.2 Å². The van der Waals surface area contributed by atoms with Crippen LogP contribution in [0.1, 0.15) is 23.7 Å². The number of benzene rings is 1. The Bertz CT molecular complexity index is 836. The quantitative estimate of drug-likeness (QED) is 0.886. The molecule has 1 unspecified atom stereocenters. The van der Waals surface area contributed by atoms with Crippen molar-refractivity contribution in [3.05, 3.63) is 54.2 Å². The molecule has 3 rings (SSSR count). The predicted octanol–water partition coefficient (Wildman–Crippen LogP) is 2.35. The molecule has 2 heterocycles. The van der Waals surface area contributed by atoms with Crippen LogP contribution in [0.15, 0.2) is 48.7 Å².